The molecule has 1 heterocycles. The SMILES string of the molecule is CC.CCCC1CCCc2c(Nc3cccc(C)c3)cnc(C)c21. The van der Waals surface area contributed by atoms with Crippen LogP contribution < -0.4 is 5.32 Å². The first kappa shape index (κ1) is 18.5. The quantitative estimate of drug-likeness (QED) is 0.677. The van der Waals surface area contributed by atoms with Crippen LogP contribution in [0.2, 0.25) is 0 Å². The number of hydrogen-bond donors (Lipinski definition) is 1. The molecular formula is C22H32N2. The van der Waals surface area contributed by atoms with E-state index in [4.69, 9.17) is 0 Å². The predicted molar refractivity (Wildman–Crippen MR) is 105 cm³/mol. The fraction of sp³-hybridized carbons (Fsp3) is 0.500. The molecule has 0 saturated heterocycles. The Morgan fingerprint density at radius 2 is 2.00 bits per heavy atom. The molecule has 1 aliphatic rings. The van der Waals surface area contributed by atoms with Crippen molar-refractivity contribution in [3.8, 4) is 0 Å². The number of nitrogens with zero attached hydrogens (tertiary/aromatic N) is 1. The highest BCUT2D eigenvalue weighted by Gasteiger charge is 2.24. The molecule has 2 heteroatoms. The van der Waals surface area contributed by atoms with Crippen molar-refractivity contribution in [1.29, 1.82) is 0 Å². The van der Waals surface area contributed by atoms with E-state index in [2.05, 4.69) is 55.3 Å². The Kier molecular flexibility index (Phi) is 6.84. The maximum absolute atomic E-state index is 4.68. The van der Waals surface area contributed by atoms with Crippen LogP contribution in [0.15, 0.2) is 30.5 Å². The zero-order chi connectivity index (χ0) is 17.5. The fourth-order valence-corrected chi connectivity index (χ4v) is 3.78. The van der Waals surface area contributed by atoms with Gasteiger partial charge in [0.05, 0.1) is 11.9 Å². The number of anilines is 2. The average molecular weight is 325 g/mol. The lowest BCUT2D eigenvalue weighted by Crippen LogP contribution is -2.14. The molecule has 0 aliphatic heterocycles. The van der Waals surface area contributed by atoms with Crippen LogP contribution in [0.1, 0.15) is 74.8 Å². The van der Waals surface area contributed by atoms with Gasteiger partial charge < -0.3 is 5.32 Å². The van der Waals surface area contributed by atoms with E-state index in [0.29, 0.717) is 5.92 Å². The van der Waals surface area contributed by atoms with Crippen molar-refractivity contribution in [2.75, 3.05) is 5.32 Å². The second-order valence-electron chi connectivity index (χ2n) is 6.52. The summed E-state index contributed by atoms with van der Waals surface area (Å²) in [7, 11) is 0. The monoisotopic (exact) mass is 324 g/mol. The first-order valence-electron chi connectivity index (χ1n) is 9.51. The van der Waals surface area contributed by atoms with Gasteiger partial charge in [-0.2, -0.15) is 0 Å². The molecule has 1 aromatic heterocycles. The highest BCUT2D eigenvalue weighted by molar-refractivity contribution is 5.65. The summed E-state index contributed by atoms with van der Waals surface area (Å²) in [4.78, 5) is 4.68. The van der Waals surface area contributed by atoms with E-state index in [1.54, 1.807) is 0 Å². The molecule has 3 rings (SSSR count). The van der Waals surface area contributed by atoms with E-state index in [1.165, 1.54) is 60.2 Å². The van der Waals surface area contributed by atoms with Gasteiger partial charge in [-0.05, 0) is 74.3 Å². The Labute approximate surface area is 147 Å². The van der Waals surface area contributed by atoms with Gasteiger partial charge >= 0.3 is 0 Å². The Morgan fingerprint density at radius 1 is 1.21 bits per heavy atom. The number of rotatable bonds is 4. The van der Waals surface area contributed by atoms with Crippen molar-refractivity contribution in [2.24, 2.45) is 0 Å². The van der Waals surface area contributed by atoms with E-state index in [-0.39, 0.29) is 0 Å². The number of nitrogens with one attached hydrogen (secondary N) is 1. The Bertz CT molecular complexity index is 661. The summed E-state index contributed by atoms with van der Waals surface area (Å²) in [5, 5.41) is 3.60. The summed E-state index contributed by atoms with van der Waals surface area (Å²) in [5.74, 6) is 0.695. The summed E-state index contributed by atoms with van der Waals surface area (Å²) >= 11 is 0. The summed E-state index contributed by atoms with van der Waals surface area (Å²) in [6, 6.07) is 8.56. The summed E-state index contributed by atoms with van der Waals surface area (Å²) in [6.45, 7) is 10.6. The van der Waals surface area contributed by atoms with Crippen LogP contribution in [0.25, 0.3) is 0 Å². The molecule has 0 radical (unpaired) electrons. The smallest absolute Gasteiger partial charge is 0.0606 e. The van der Waals surface area contributed by atoms with Gasteiger partial charge in [-0.3, -0.25) is 4.98 Å². The number of pyridine rings is 1. The molecule has 24 heavy (non-hydrogen) atoms. The van der Waals surface area contributed by atoms with Gasteiger partial charge in [-0.1, -0.05) is 39.3 Å². The third-order valence-corrected chi connectivity index (χ3v) is 4.75. The van der Waals surface area contributed by atoms with Crippen LogP contribution >= 0.6 is 0 Å². The maximum atomic E-state index is 4.68. The number of hydrogen-bond acceptors (Lipinski definition) is 2. The number of aryl methyl sites for hydroxylation is 2. The predicted octanol–water partition coefficient (Wildman–Crippen LogP) is 6.69. The van der Waals surface area contributed by atoms with Crippen molar-refractivity contribution < 1.29 is 0 Å². The van der Waals surface area contributed by atoms with Gasteiger partial charge in [0.1, 0.15) is 0 Å². The van der Waals surface area contributed by atoms with Crippen molar-refractivity contribution in [3.05, 3.63) is 52.8 Å². The van der Waals surface area contributed by atoms with E-state index in [1.807, 2.05) is 20.0 Å². The molecule has 0 spiro atoms. The molecule has 2 nitrogen and oxygen atoms in total. The molecule has 0 amide bonds. The second kappa shape index (κ2) is 8.86. The van der Waals surface area contributed by atoms with Crippen LogP contribution in [-0.2, 0) is 6.42 Å². The minimum absolute atomic E-state index is 0.695. The zero-order valence-electron chi connectivity index (χ0n) is 15.9. The molecule has 2 aromatic rings. The van der Waals surface area contributed by atoms with Crippen LogP contribution in [0.5, 0.6) is 0 Å². The molecule has 1 unspecified atom stereocenters. The highest BCUT2D eigenvalue weighted by atomic mass is 14.9. The highest BCUT2D eigenvalue weighted by Crippen LogP contribution is 2.40. The number of benzene rings is 1. The standard InChI is InChI=1S/C20H26N2.C2H6/c1-4-7-16-9-6-11-18-19(13-21-15(3)20(16)18)22-17-10-5-8-14(2)12-17;1-2/h5,8,10,12-13,16,22H,4,6-7,9,11H2,1-3H3;1-2H3. The third kappa shape index (κ3) is 4.17. The van der Waals surface area contributed by atoms with Crippen LogP contribution in [0.3, 0.4) is 0 Å². The minimum atomic E-state index is 0.695. The van der Waals surface area contributed by atoms with E-state index in [0.717, 1.165) is 5.69 Å². The van der Waals surface area contributed by atoms with Crippen molar-refractivity contribution in [2.45, 2.75) is 72.6 Å². The topological polar surface area (TPSA) is 24.9 Å². The minimum Gasteiger partial charge on any atom is -0.354 e. The third-order valence-electron chi connectivity index (χ3n) is 4.75. The number of fused-ring (bicyclic) bond motifs is 1. The van der Waals surface area contributed by atoms with Crippen molar-refractivity contribution in [3.63, 3.8) is 0 Å². The number of aromatic nitrogens is 1. The van der Waals surface area contributed by atoms with Crippen LogP contribution in [0.4, 0.5) is 11.4 Å². The molecule has 1 N–H and O–H groups in total. The molecule has 0 fully saturated rings. The first-order valence-corrected chi connectivity index (χ1v) is 9.51. The van der Waals surface area contributed by atoms with Gasteiger partial charge in [0.2, 0.25) is 0 Å². The van der Waals surface area contributed by atoms with Gasteiger partial charge in [0, 0.05) is 11.4 Å². The zero-order valence-corrected chi connectivity index (χ0v) is 15.9. The van der Waals surface area contributed by atoms with E-state index < -0.39 is 0 Å². The Balaban J connectivity index is 0.00000100. The molecule has 1 aliphatic carbocycles. The van der Waals surface area contributed by atoms with Gasteiger partial charge in [0.15, 0.2) is 0 Å². The van der Waals surface area contributed by atoms with E-state index >= 15 is 0 Å². The second-order valence-corrected chi connectivity index (χ2v) is 6.52. The lowest BCUT2D eigenvalue weighted by atomic mass is 9.79. The Hall–Kier alpha value is -1.83. The van der Waals surface area contributed by atoms with Crippen LogP contribution in [-0.4, -0.2) is 4.98 Å². The molecule has 1 aromatic carbocycles. The molecule has 0 bridgehead atoms. The maximum Gasteiger partial charge on any atom is 0.0606 e. The fourth-order valence-electron chi connectivity index (χ4n) is 3.78. The average Bonchev–Trinajstić information content (AvgIpc) is 2.60. The Morgan fingerprint density at radius 3 is 2.71 bits per heavy atom. The van der Waals surface area contributed by atoms with Gasteiger partial charge in [-0.15, -0.1) is 0 Å². The van der Waals surface area contributed by atoms with Crippen molar-refractivity contribution >= 4 is 11.4 Å². The summed E-state index contributed by atoms with van der Waals surface area (Å²) < 4.78 is 0. The summed E-state index contributed by atoms with van der Waals surface area (Å²) in [6.07, 6.45) is 8.33. The van der Waals surface area contributed by atoms with Gasteiger partial charge in [-0.25, -0.2) is 0 Å². The van der Waals surface area contributed by atoms with Crippen molar-refractivity contribution in [1.82, 2.24) is 4.98 Å². The van der Waals surface area contributed by atoms with Crippen LogP contribution in [0, 0.1) is 13.8 Å². The lowest BCUT2D eigenvalue weighted by molar-refractivity contribution is 0.511. The lowest BCUT2D eigenvalue weighted by Gasteiger charge is -2.28. The largest absolute Gasteiger partial charge is 0.354 e. The molecule has 0 saturated carbocycles. The molecule has 1 atom stereocenters. The summed E-state index contributed by atoms with van der Waals surface area (Å²) in [5.41, 5.74) is 7.88. The normalized spacial score (nSPS) is 16.0. The van der Waals surface area contributed by atoms with Gasteiger partial charge in [0.25, 0.3) is 0 Å². The molecular weight excluding hydrogens is 292 g/mol. The molecule has 130 valence electrons. The van der Waals surface area contributed by atoms with E-state index in [9.17, 15) is 0 Å². The first-order chi connectivity index (χ1) is 11.7.